The first-order chi connectivity index (χ1) is 31.0. The van der Waals surface area contributed by atoms with Gasteiger partial charge in [0.15, 0.2) is 0 Å². The standard InChI is InChI=1S/C42H43N2O2.C15H15FN.Ir/c1-22(2)27-17-31(23(3)4)38(32(18-27)24(5)6)26-12-14-29-35(19-26)45-34-16-15-30-37-25(7)11-13-28(40(37)46-41(30)39(29)34)33-20-36(42(8,9)10)44-21-43-33;1-15(2,3)12-6-9-14(17-10-12)11-4-7-13(16)8-5-11;/h11-12,14-24H,1-10H3;4,6-10H,1-3H3;/q2*-1;/i7D3;;. The zero-order valence-corrected chi connectivity index (χ0v) is 41.2. The van der Waals surface area contributed by atoms with Crippen LogP contribution in [0.1, 0.15) is 138 Å². The number of fused-ring (bicyclic) bond motifs is 7. The number of aromatic nitrogens is 3. The van der Waals surface area contributed by atoms with Crippen molar-refractivity contribution in [2.45, 2.75) is 119 Å². The second-order valence-electron chi connectivity index (χ2n) is 19.7. The molecule has 0 aliphatic carbocycles. The molecular formula is C57H58FIrN3O2-2. The van der Waals surface area contributed by atoms with Crippen LogP contribution in [-0.2, 0) is 30.9 Å². The number of nitrogens with zero attached hydrogens (tertiary/aromatic N) is 3. The van der Waals surface area contributed by atoms with Crippen LogP contribution in [0.3, 0.4) is 0 Å². The van der Waals surface area contributed by atoms with Crippen LogP contribution in [0.15, 0.2) is 106 Å². The van der Waals surface area contributed by atoms with Gasteiger partial charge in [-0.05, 0) is 92.2 Å². The van der Waals surface area contributed by atoms with Gasteiger partial charge in [-0.25, -0.2) is 4.98 Å². The number of hydrogen-bond donors (Lipinski definition) is 0. The van der Waals surface area contributed by atoms with Crippen LogP contribution >= 0.6 is 0 Å². The molecule has 9 rings (SSSR count). The Labute approximate surface area is 395 Å². The molecule has 7 heteroatoms. The van der Waals surface area contributed by atoms with Crippen molar-refractivity contribution in [2.24, 2.45) is 0 Å². The normalized spacial score (nSPS) is 13.1. The van der Waals surface area contributed by atoms with Crippen LogP contribution in [0.4, 0.5) is 4.39 Å². The molecule has 0 aliphatic heterocycles. The number of halogens is 1. The quantitative estimate of drug-likeness (QED) is 0.155. The van der Waals surface area contributed by atoms with Crippen LogP contribution in [0.25, 0.3) is 77.5 Å². The van der Waals surface area contributed by atoms with E-state index in [1.54, 1.807) is 18.5 Å². The predicted octanol–water partition coefficient (Wildman–Crippen LogP) is 16.4. The number of furan rings is 2. The van der Waals surface area contributed by atoms with Gasteiger partial charge in [-0.2, -0.15) is 0 Å². The second-order valence-corrected chi connectivity index (χ2v) is 19.7. The van der Waals surface area contributed by atoms with E-state index < -0.39 is 6.85 Å². The Bertz CT molecular complexity index is 3210. The maximum Gasteiger partial charge on any atom is 0.139 e. The first kappa shape index (κ1) is 42.5. The fourth-order valence-corrected chi connectivity index (χ4v) is 8.24. The molecule has 0 bridgehead atoms. The van der Waals surface area contributed by atoms with E-state index in [2.05, 4.69) is 147 Å². The SMILES string of the molecule is CC(C)(C)c1ccc(-c2[c-]cc(F)cc2)nc1.[2H]C([2H])([2H])c1c[c-]c(-c2cc(C(C)(C)C)ncn2)c2oc3c(ccc4oc5cc(-c6c(C(C)C)cc(C(C)C)cc6C(C)C)ccc5c43)c12.[Ir]. The Morgan fingerprint density at radius 1 is 0.641 bits per heavy atom. The van der Waals surface area contributed by atoms with Crippen molar-refractivity contribution in [1.82, 2.24) is 15.0 Å². The molecule has 4 heterocycles. The molecule has 0 spiro atoms. The van der Waals surface area contributed by atoms with Crippen LogP contribution in [0.5, 0.6) is 0 Å². The van der Waals surface area contributed by atoms with Gasteiger partial charge in [0.1, 0.15) is 23.1 Å². The van der Waals surface area contributed by atoms with Gasteiger partial charge in [0.2, 0.25) is 0 Å². The maximum atomic E-state index is 12.8. The average Bonchev–Trinajstić information content (AvgIpc) is 3.83. The van der Waals surface area contributed by atoms with Crippen molar-refractivity contribution in [2.75, 3.05) is 0 Å². The minimum Gasteiger partial charge on any atom is -0.500 e. The van der Waals surface area contributed by atoms with Crippen molar-refractivity contribution < 1.29 is 37.4 Å². The first-order valence-corrected chi connectivity index (χ1v) is 21.9. The molecular weight excluding hydrogens is 970 g/mol. The van der Waals surface area contributed by atoms with E-state index in [1.807, 2.05) is 30.5 Å². The molecule has 0 aliphatic rings. The Hall–Kier alpha value is -5.49. The summed E-state index contributed by atoms with van der Waals surface area (Å²) in [6, 6.07) is 33.0. The minimum absolute atomic E-state index is 0. The van der Waals surface area contributed by atoms with Gasteiger partial charge in [0.25, 0.3) is 0 Å². The summed E-state index contributed by atoms with van der Waals surface area (Å²) in [7, 11) is 0. The molecule has 5 aromatic carbocycles. The third kappa shape index (κ3) is 8.95. The van der Waals surface area contributed by atoms with E-state index in [1.165, 1.54) is 39.9 Å². The molecule has 0 N–H and O–H groups in total. The van der Waals surface area contributed by atoms with Gasteiger partial charge in [0.05, 0.1) is 11.0 Å². The van der Waals surface area contributed by atoms with Gasteiger partial charge >= 0.3 is 0 Å². The van der Waals surface area contributed by atoms with Crippen molar-refractivity contribution in [1.29, 1.82) is 0 Å². The number of rotatable bonds is 6. The third-order valence-electron chi connectivity index (χ3n) is 11.9. The fraction of sp³-hybridized carbons (Fsp3) is 0.316. The molecule has 0 atom stereocenters. The van der Waals surface area contributed by atoms with Gasteiger partial charge in [-0.1, -0.05) is 137 Å². The molecule has 0 unspecified atom stereocenters. The van der Waals surface area contributed by atoms with Crippen LogP contribution in [-0.4, -0.2) is 15.0 Å². The molecule has 0 saturated heterocycles. The molecule has 1 radical (unpaired) electrons. The van der Waals surface area contributed by atoms with Gasteiger partial charge in [-0.15, -0.1) is 47.5 Å². The monoisotopic (exact) mass is 1030 g/mol. The summed E-state index contributed by atoms with van der Waals surface area (Å²) in [6.45, 7) is 23.9. The van der Waals surface area contributed by atoms with Crippen molar-refractivity contribution in [3.05, 3.63) is 149 Å². The van der Waals surface area contributed by atoms with Crippen LogP contribution in [0, 0.1) is 24.8 Å². The average molecular weight is 1030 g/mol. The third-order valence-corrected chi connectivity index (χ3v) is 11.9. The van der Waals surface area contributed by atoms with Crippen molar-refractivity contribution in [3.8, 4) is 33.6 Å². The van der Waals surface area contributed by atoms with Crippen molar-refractivity contribution in [3.63, 3.8) is 0 Å². The number of pyridine rings is 1. The summed E-state index contributed by atoms with van der Waals surface area (Å²) < 4.78 is 51.2. The molecule has 0 saturated carbocycles. The molecule has 9 aromatic rings. The van der Waals surface area contributed by atoms with E-state index in [-0.39, 0.29) is 42.3 Å². The second kappa shape index (κ2) is 17.8. The minimum atomic E-state index is -2.37. The molecule has 331 valence electrons. The van der Waals surface area contributed by atoms with E-state index >= 15 is 0 Å². The molecule has 4 aromatic heterocycles. The largest absolute Gasteiger partial charge is 0.500 e. The molecule has 0 fully saturated rings. The summed E-state index contributed by atoms with van der Waals surface area (Å²) in [6.07, 6.45) is 3.41. The zero-order valence-electron chi connectivity index (χ0n) is 41.8. The Morgan fingerprint density at radius 3 is 1.95 bits per heavy atom. The smallest absolute Gasteiger partial charge is 0.139 e. The van der Waals surface area contributed by atoms with E-state index in [4.69, 9.17) is 12.9 Å². The molecule has 5 nitrogen and oxygen atoms in total. The van der Waals surface area contributed by atoms with E-state index in [9.17, 15) is 4.39 Å². The van der Waals surface area contributed by atoms with Crippen LogP contribution in [0.2, 0.25) is 0 Å². The summed E-state index contributed by atoms with van der Waals surface area (Å²) in [5.41, 5.74) is 13.9. The fourth-order valence-electron chi connectivity index (χ4n) is 8.24. The number of benzene rings is 5. The predicted molar refractivity (Wildman–Crippen MR) is 259 cm³/mol. The van der Waals surface area contributed by atoms with Gasteiger partial charge < -0.3 is 13.8 Å². The Kier molecular flexibility index (Phi) is 11.8. The van der Waals surface area contributed by atoms with Gasteiger partial charge in [0, 0.05) is 58.1 Å². The zero-order chi connectivity index (χ0) is 47.6. The summed E-state index contributed by atoms with van der Waals surface area (Å²) in [5.74, 6) is 0.855. The van der Waals surface area contributed by atoms with Crippen LogP contribution < -0.4 is 0 Å². The summed E-state index contributed by atoms with van der Waals surface area (Å²) in [4.78, 5) is 13.5. The maximum absolute atomic E-state index is 12.8. The summed E-state index contributed by atoms with van der Waals surface area (Å²) in [5, 5.41) is 2.99. The summed E-state index contributed by atoms with van der Waals surface area (Å²) >= 11 is 0. The number of hydrogen-bond acceptors (Lipinski definition) is 5. The van der Waals surface area contributed by atoms with Crippen molar-refractivity contribution >= 4 is 43.9 Å². The van der Waals surface area contributed by atoms with E-state index in [0.717, 1.165) is 38.9 Å². The molecule has 0 amide bonds. The topological polar surface area (TPSA) is 65.0 Å². The first-order valence-electron chi connectivity index (χ1n) is 23.4. The molecule has 64 heavy (non-hydrogen) atoms. The Morgan fingerprint density at radius 2 is 1.36 bits per heavy atom. The van der Waals surface area contributed by atoms with Gasteiger partial charge in [-0.3, -0.25) is 9.37 Å². The number of aryl methyl sites for hydroxylation is 1. The Balaban J connectivity index is 0.000000312. The van der Waals surface area contributed by atoms with E-state index in [0.29, 0.717) is 56.5 Å².